The number of rotatable bonds is 3. The van der Waals surface area contributed by atoms with E-state index in [9.17, 15) is 9.59 Å². The van der Waals surface area contributed by atoms with Gasteiger partial charge >= 0.3 is 5.97 Å². The Morgan fingerprint density at radius 3 is 2.93 bits per heavy atom. The molecular formula is C8H11N3O3. The van der Waals surface area contributed by atoms with E-state index in [1.165, 1.54) is 6.07 Å². The first-order valence-corrected chi connectivity index (χ1v) is 4.04. The van der Waals surface area contributed by atoms with E-state index >= 15 is 0 Å². The van der Waals surface area contributed by atoms with Gasteiger partial charge < -0.3 is 10.8 Å². The van der Waals surface area contributed by atoms with Crippen LogP contribution in [0, 0.1) is 6.92 Å². The van der Waals surface area contributed by atoms with Gasteiger partial charge in [-0.2, -0.15) is 5.10 Å². The number of hydrogen-bond donors (Lipinski definition) is 2. The zero-order valence-corrected chi connectivity index (χ0v) is 7.67. The summed E-state index contributed by atoms with van der Waals surface area (Å²) in [6.45, 7) is 1.60. The summed E-state index contributed by atoms with van der Waals surface area (Å²) < 4.78 is 1.05. The van der Waals surface area contributed by atoms with Crippen LogP contribution in [0.25, 0.3) is 0 Å². The van der Waals surface area contributed by atoms with E-state index in [-0.39, 0.29) is 12.1 Å². The number of carboxylic acids is 1. The van der Waals surface area contributed by atoms with Gasteiger partial charge in [-0.05, 0) is 13.0 Å². The third-order valence-corrected chi connectivity index (χ3v) is 1.69. The maximum absolute atomic E-state index is 11.2. The fourth-order valence-electron chi connectivity index (χ4n) is 0.946. The Morgan fingerprint density at radius 2 is 2.36 bits per heavy atom. The molecule has 0 aliphatic heterocycles. The predicted molar refractivity (Wildman–Crippen MR) is 48.8 cm³/mol. The van der Waals surface area contributed by atoms with Crippen LogP contribution in [0.2, 0.25) is 0 Å². The van der Waals surface area contributed by atoms with Crippen LogP contribution in [0.5, 0.6) is 0 Å². The second-order valence-electron chi connectivity index (χ2n) is 2.94. The second-order valence-corrected chi connectivity index (χ2v) is 2.94. The van der Waals surface area contributed by atoms with Crippen LogP contribution in [0.1, 0.15) is 5.69 Å². The summed E-state index contributed by atoms with van der Waals surface area (Å²) in [6.07, 6.45) is 0. The Labute approximate surface area is 80.0 Å². The molecule has 0 bridgehead atoms. The molecule has 0 saturated heterocycles. The number of carbonyl (C=O) groups is 1. The van der Waals surface area contributed by atoms with Crippen LogP contribution < -0.4 is 11.3 Å². The van der Waals surface area contributed by atoms with Gasteiger partial charge in [-0.3, -0.25) is 9.59 Å². The largest absolute Gasteiger partial charge is 0.480 e. The number of nitrogens with zero attached hydrogens (tertiary/aromatic N) is 2. The van der Waals surface area contributed by atoms with Crippen molar-refractivity contribution in [2.75, 3.05) is 0 Å². The quantitative estimate of drug-likeness (QED) is 0.645. The summed E-state index contributed by atoms with van der Waals surface area (Å²) in [4.78, 5) is 21.6. The predicted octanol–water partition coefficient (Wildman–Crippen LogP) is -1.04. The molecule has 0 fully saturated rings. The molecule has 6 nitrogen and oxygen atoms in total. The van der Waals surface area contributed by atoms with E-state index in [2.05, 4.69) is 5.10 Å². The van der Waals surface area contributed by atoms with Crippen molar-refractivity contribution in [2.45, 2.75) is 19.5 Å². The maximum Gasteiger partial charge on any atom is 0.322 e. The molecule has 0 spiro atoms. The van der Waals surface area contributed by atoms with E-state index in [1.54, 1.807) is 13.0 Å². The Morgan fingerprint density at radius 1 is 1.71 bits per heavy atom. The highest BCUT2D eigenvalue weighted by Crippen LogP contribution is 1.88. The molecule has 0 aliphatic rings. The summed E-state index contributed by atoms with van der Waals surface area (Å²) in [5.74, 6) is -1.15. The third-order valence-electron chi connectivity index (χ3n) is 1.69. The van der Waals surface area contributed by atoms with Crippen molar-refractivity contribution in [1.82, 2.24) is 9.78 Å². The minimum absolute atomic E-state index is 0.115. The fourth-order valence-corrected chi connectivity index (χ4v) is 0.946. The van der Waals surface area contributed by atoms with Gasteiger partial charge in [0.25, 0.3) is 5.56 Å². The highest BCUT2D eigenvalue weighted by molar-refractivity contribution is 5.72. The maximum atomic E-state index is 11.2. The number of aromatic nitrogens is 2. The molecule has 1 aromatic rings. The highest BCUT2D eigenvalue weighted by atomic mass is 16.4. The normalized spacial score (nSPS) is 12.4. The lowest BCUT2D eigenvalue weighted by Gasteiger charge is -2.07. The second kappa shape index (κ2) is 4.01. The van der Waals surface area contributed by atoms with Crippen molar-refractivity contribution >= 4 is 5.97 Å². The number of aryl methyl sites for hydroxylation is 1. The van der Waals surface area contributed by atoms with E-state index in [0.29, 0.717) is 5.69 Å². The van der Waals surface area contributed by atoms with Crippen LogP contribution in [-0.2, 0) is 11.3 Å². The van der Waals surface area contributed by atoms with Gasteiger partial charge in [-0.25, -0.2) is 4.68 Å². The molecular weight excluding hydrogens is 186 g/mol. The molecule has 1 heterocycles. The average molecular weight is 197 g/mol. The van der Waals surface area contributed by atoms with E-state index in [4.69, 9.17) is 10.8 Å². The van der Waals surface area contributed by atoms with Gasteiger partial charge in [0.05, 0.1) is 12.2 Å². The van der Waals surface area contributed by atoms with Gasteiger partial charge in [0, 0.05) is 6.07 Å². The van der Waals surface area contributed by atoms with Crippen molar-refractivity contribution in [3.63, 3.8) is 0 Å². The van der Waals surface area contributed by atoms with Gasteiger partial charge in [-0.1, -0.05) is 0 Å². The van der Waals surface area contributed by atoms with E-state index < -0.39 is 12.0 Å². The van der Waals surface area contributed by atoms with Gasteiger partial charge in [0.15, 0.2) is 0 Å². The summed E-state index contributed by atoms with van der Waals surface area (Å²) in [7, 11) is 0. The first-order chi connectivity index (χ1) is 6.50. The van der Waals surface area contributed by atoms with Crippen molar-refractivity contribution in [1.29, 1.82) is 0 Å². The number of hydrogen-bond acceptors (Lipinski definition) is 4. The number of aliphatic carboxylic acids is 1. The number of carboxylic acid groups (broad SMARTS) is 1. The van der Waals surface area contributed by atoms with Crippen molar-refractivity contribution in [3.8, 4) is 0 Å². The Balaban J connectivity index is 2.91. The van der Waals surface area contributed by atoms with Crippen LogP contribution in [0.3, 0.4) is 0 Å². The van der Waals surface area contributed by atoms with Gasteiger partial charge in [-0.15, -0.1) is 0 Å². The van der Waals surface area contributed by atoms with E-state index in [0.717, 1.165) is 4.68 Å². The summed E-state index contributed by atoms with van der Waals surface area (Å²) in [5, 5.41) is 12.4. The molecule has 0 aromatic carbocycles. The van der Waals surface area contributed by atoms with Gasteiger partial charge in [0.2, 0.25) is 0 Å². The third kappa shape index (κ3) is 2.40. The van der Waals surface area contributed by atoms with Crippen molar-refractivity contribution < 1.29 is 9.90 Å². The van der Waals surface area contributed by atoms with Crippen molar-refractivity contribution in [2.24, 2.45) is 5.73 Å². The molecule has 76 valence electrons. The molecule has 0 aliphatic carbocycles. The molecule has 0 amide bonds. The molecule has 1 unspecified atom stereocenters. The Bertz CT molecular complexity index is 399. The summed E-state index contributed by atoms with van der Waals surface area (Å²) in [5.41, 5.74) is 5.55. The Kier molecular flexibility index (Phi) is 2.98. The lowest BCUT2D eigenvalue weighted by Crippen LogP contribution is -2.39. The summed E-state index contributed by atoms with van der Waals surface area (Å²) in [6, 6.07) is 1.78. The SMILES string of the molecule is Cc1ccc(=O)n(CC(N)C(=O)O)n1. The lowest BCUT2D eigenvalue weighted by atomic mass is 10.3. The number of nitrogens with two attached hydrogens (primary N) is 1. The zero-order valence-electron chi connectivity index (χ0n) is 7.67. The van der Waals surface area contributed by atoms with Crippen LogP contribution in [0.4, 0.5) is 0 Å². The molecule has 1 atom stereocenters. The van der Waals surface area contributed by atoms with Crippen LogP contribution in [-0.4, -0.2) is 26.9 Å². The average Bonchev–Trinajstić information content (AvgIpc) is 2.11. The first-order valence-electron chi connectivity index (χ1n) is 4.04. The standard InChI is InChI=1S/C8H11N3O3/c1-5-2-3-7(12)11(10-5)4-6(9)8(13)14/h2-3,6H,4,9H2,1H3,(H,13,14). The molecule has 1 aromatic heterocycles. The molecule has 3 N–H and O–H groups in total. The minimum Gasteiger partial charge on any atom is -0.480 e. The monoisotopic (exact) mass is 197 g/mol. The van der Waals surface area contributed by atoms with Crippen LogP contribution in [0.15, 0.2) is 16.9 Å². The molecule has 0 saturated carbocycles. The topological polar surface area (TPSA) is 98.2 Å². The first kappa shape index (κ1) is 10.4. The minimum atomic E-state index is -1.15. The lowest BCUT2D eigenvalue weighted by molar-refractivity contribution is -0.138. The van der Waals surface area contributed by atoms with Crippen molar-refractivity contribution in [3.05, 3.63) is 28.2 Å². The smallest absolute Gasteiger partial charge is 0.322 e. The van der Waals surface area contributed by atoms with Gasteiger partial charge in [0.1, 0.15) is 6.04 Å². The Hall–Kier alpha value is -1.69. The summed E-state index contributed by atoms with van der Waals surface area (Å²) >= 11 is 0. The molecule has 0 radical (unpaired) electrons. The molecule has 14 heavy (non-hydrogen) atoms. The molecule has 6 heteroatoms. The fraction of sp³-hybridized carbons (Fsp3) is 0.375. The van der Waals surface area contributed by atoms with Crippen LogP contribution >= 0.6 is 0 Å². The zero-order chi connectivity index (χ0) is 10.7. The molecule has 1 rings (SSSR count). The van der Waals surface area contributed by atoms with E-state index in [1.807, 2.05) is 0 Å². The highest BCUT2D eigenvalue weighted by Gasteiger charge is 2.13.